The average molecular weight is 195 g/mol. The first kappa shape index (κ1) is 9.65. The van der Waals surface area contributed by atoms with Gasteiger partial charge < -0.3 is 5.11 Å². The van der Waals surface area contributed by atoms with Crippen molar-refractivity contribution in [3.05, 3.63) is 12.2 Å². The highest BCUT2D eigenvalue weighted by Crippen LogP contribution is 2.53. The van der Waals surface area contributed by atoms with Gasteiger partial charge in [-0.2, -0.15) is 5.10 Å². The summed E-state index contributed by atoms with van der Waals surface area (Å²) in [5.41, 5.74) is 0.317. The van der Waals surface area contributed by atoms with Gasteiger partial charge in [0.15, 0.2) is 0 Å². The van der Waals surface area contributed by atoms with Gasteiger partial charge in [-0.15, -0.1) is 0 Å². The molecule has 0 saturated heterocycles. The first-order valence-electron chi connectivity index (χ1n) is 5.01. The average Bonchev–Trinajstić information content (AvgIpc) is 2.54. The van der Waals surface area contributed by atoms with E-state index in [1.165, 1.54) is 6.33 Å². The van der Waals surface area contributed by atoms with Crippen LogP contribution in [-0.4, -0.2) is 26.0 Å². The summed E-state index contributed by atoms with van der Waals surface area (Å²) in [6.07, 6.45) is 2.99. The van der Waals surface area contributed by atoms with Gasteiger partial charge in [0.2, 0.25) is 0 Å². The van der Waals surface area contributed by atoms with Gasteiger partial charge in [-0.25, -0.2) is 4.98 Å². The van der Waals surface area contributed by atoms with Crippen molar-refractivity contribution in [3.8, 4) is 0 Å². The van der Waals surface area contributed by atoms with E-state index in [9.17, 15) is 5.11 Å². The van der Waals surface area contributed by atoms with Crippen molar-refractivity contribution in [2.75, 3.05) is 0 Å². The molecule has 4 heteroatoms. The molecule has 1 aliphatic rings. The standard InChI is InChI=1S/C10H17N3O/c1-10(2)5-7(10)8(14)4-9-11-6-12-13(9)3/h6-8,14H,4-5H2,1-3H3. The molecule has 0 aliphatic heterocycles. The topological polar surface area (TPSA) is 50.9 Å². The quantitative estimate of drug-likeness (QED) is 0.775. The molecule has 2 unspecified atom stereocenters. The molecule has 0 aromatic carbocycles. The number of hydrogen-bond acceptors (Lipinski definition) is 3. The Kier molecular flexibility index (Phi) is 2.10. The van der Waals surface area contributed by atoms with Crippen LogP contribution in [0.5, 0.6) is 0 Å². The van der Waals surface area contributed by atoms with Gasteiger partial charge in [0.25, 0.3) is 0 Å². The molecule has 2 atom stereocenters. The Morgan fingerprint density at radius 1 is 1.71 bits per heavy atom. The van der Waals surface area contributed by atoms with Crippen LogP contribution in [0.15, 0.2) is 6.33 Å². The molecule has 0 radical (unpaired) electrons. The van der Waals surface area contributed by atoms with Crippen LogP contribution >= 0.6 is 0 Å². The second kappa shape index (κ2) is 3.05. The highest BCUT2D eigenvalue weighted by molar-refractivity contribution is 5.02. The molecule has 0 spiro atoms. The van der Waals surface area contributed by atoms with E-state index in [0.29, 0.717) is 17.8 Å². The zero-order chi connectivity index (χ0) is 10.3. The van der Waals surface area contributed by atoms with Gasteiger partial charge in [0.1, 0.15) is 12.2 Å². The normalized spacial score (nSPS) is 26.1. The number of aliphatic hydroxyl groups excluding tert-OH is 1. The highest BCUT2D eigenvalue weighted by Gasteiger charge is 2.49. The van der Waals surface area contributed by atoms with Crippen molar-refractivity contribution >= 4 is 0 Å². The van der Waals surface area contributed by atoms with Gasteiger partial charge in [0, 0.05) is 13.5 Å². The van der Waals surface area contributed by atoms with Crippen molar-refractivity contribution in [2.24, 2.45) is 18.4 Å². The van der Waals surface area contributed by atoms with E-state index in [4.69, 9.17) is 0 Å². The summed E-state index contributed by atoms with van der Waals surface area (Å²) >= 11 is 0. The van der Waals surface area contributed by atoms with Crippen LogP contribution in [-0.2, 0) is 13.5 Å². The van der Waals surface area contributed by atoms with Crippen LogP contribution in [0.4, 0.5) is 0 Å². The monoisotopic (exact) mass is 195 g/mol. The van der Waals surface area contributed by atoms with E-state index >= 15 is 0 Å². The van der Waals surface area contributed by atoms with Gasteiger partial charge in [-0.1, -0.05) is 13.8 Å². The number of aliphatic hydroxyl groups is 1. The van der Waals surface area contributed by atoms with Crippen molar-refractivity contribution < 1.29 is 5.11 Å². The Morgan fingerprint density at radius 3 is 2.79 bits per heavy atom. The second-order valence-electron chi connectivity index (χ2n) is 4.87. The molecule has 1 saturated carbocycles. The molecular formula is C10H17N3O. The summed E-state index contributed by atoms with van der Waals surface area (Å²) in [6, 6.07) is 0. The maximum Gasteiger partial charge on any atom is 0.138 e. The van der Waals surface area contributed by atoms with Crippen LogP contribution in [0.1, 0.15) is 26.1 Å². The lowest BCUT2D eigenvalue weighted by Gasteiger charge is -2.11. The fourth-order valence-corrected chi connectivity index (χ4v) is 2.00. The Bertz CT molecular complexity index is 332. The fraction of sp³-hybridized carbons (Fsp3) is 0.800. The number of rotatable bonds is 3. The third kappa shape index (κ3) is 1.66. The lowest BCUT2D eigenvalue weighted by atomic mass is 10.0. The molecule has 2 rings (SSSR count). The maximum absolute atomic E-state index is 9.94. The summed E-state index contributed by atoms with van der Waals surface area (Å²) in [4.78, 5) is 4.11. The van der Waals surface area contributed by atoms with E-state index < -0.39 is 0 Å². The maximum atomic E-state index is 9.94. The van der Waals surface area contributed by atoms with E-state index in [1.807, 2.05) is 7.05 Å². The Morgan fingerprint density at radius 2 is 2.36 bits per heavy atom. The largest absolute Gasteiger partial charge is 0.392 e. The smallest absolute Gasteiger partial charge is 0.138 e. The minimum absolute atomic E-state index is 0.270. The van der Waals surface area contributed by atoms with Crippen molar-refractivity contribution in [2.45, 2.75) is 32.8 Å². The Hall–Kier alpha value is -0.900. The predicted octanol–water partition coefficient (Wildman–Crippen LogP) is 0.765. The van der Waals surface area contributed by atoms with Crippen LogP contribution in [0.25, 0.3) is 0 Å². The predicted molar refractivity (Wildman–Crippen MR) is 52.6 cm³/mol. The molecule has 1 aliphatic carbocycles. The summed E-state index contributed by atoms with van der Waals surface area (Å²) < 4.78 is 1.72. The van der Waals surface area contributed by atoms with Crippen LogP contribution in [0, 0.1) is 11.3 Å². The number of aryl methyl sites for hydroxylation is 1. The van der Waals surface area contributed by atoms with E-state index in [1.54, 1.807) is 4.68 Å². The van der Waals surface area contributed by atoms with Crippen molar-refractivity contribution in [1.29, 1.82) is 0 Å². The highest BCUT2D eigenvalue weighted by atomic mass is 16.3. The third-order valence-corrected chi connectivity index (χ3v) is 3.25. The molecule has 1 aromatic rings. The number of hydrogen-bond donors (Lipinski definition) is 1. The summed E-state index contributed by atoms with van der Waals surface area (Å²) in [5, 5.41) is 13.9. The molecule has 4 nitrogen and oxygen atoms in total. The lowest BCUT2D eigenvalue weighted by molar-refractivity contribution is 0.133. The van der Waals surface area contributed by atoms with Crippen LogP contribution < -0.4 is 0 Å². The SMILES string of the molecule is Cn1ncnc1CC(O)C1CC1(C)C. The van der Waals surface area contributed by atoms with E-state index in [-0.39, 0.29) is 6.10 Å². The number of nitrogens with zero attached hydrogens (tertiary/aromatic N) is 3. The second-order valence-corrected chi connectivity index (χ2v) is 4.87. The lowest BCUT2D eigenvalue weighted by Crippen LogP contribution is -2.18. The van der Waals surface area contributed by atoms with E-state index in [0.717, 1.165) is 12.2 Å². The zero-order valence-corrected chi connectivity index (χ0v) is 8.94. The molecule has 0 amide bonds. The fourth-order valence-electron chi connectivity index (χ4n) is 2.00. The van der Waals surface area contributed by atoms with E-state index in [2.05, 4.69) is 23.9 Å². The molecule has 0 bridgehead atoms. The summed E-state index contributed by atoms with van der Waals surface area (Å²) in [6.45, 7) is 4.38. The minimum Gasteiger partial charge on any atom is -0.392 e. The van der Waals surface area contributed by atoms with Crippen LogP contribution in [0.3, 0.4) is 0 Å². The first-order valence-corrected chi connectivity index (χ1v) is 5.01. The Balaban J connectivity index is 1.96. The molecule has 78 valence electrons. The van der Waals surface area contributed by atoms with Gasteiger partial charge >= 0.3 is 0 Å². The summed E-state index contributed by atoms with van der Waals surface area (Å²) in [7, 11) is 1.85. The van der Waals surface area contributed by atoms with Gasteiger partial charge in [0.05, 0.1) is 6.10 Å². The third-order valence-electron chi connectivity index (χ3n) is 3.25. The summed E-state index contributed by atoms with van der Waals surface area (Å²) in [5.74, 6) is 1.29. The van der Waals surface area contributed by atoms with Gasteiger partial charge in [-0.3, -0.25) is 4.68 Å². The molecule has 1 aromatic heterocycles. The van der Waals surface area contributed by atoms with Crippen LogP contribution in [0.2, 0.25) is 0 Å². The molecule has 14 heavy (non-hydrogen) atoms. The minimum atomic E-state index is -0.270. The van der Waals surface area contributed by atoms with Crippen molar-refractivity contribution in [3.63, 3.8) is 0 Å². The zero-order valence-electron chi connectivity index (χ0n) is 8.94. The first-order chi connectivity index (χ1) is 6.50. The molecular weight excluding hydrogens is 178 g/mol. The van der Waals surface area contributed by atoms with Gasteiger partial charge in [-0.05, 0) is 17.8 Å². The Labute approximate surface area is 84.0 Å². The molecule has 1 heterocycles. The number of aromatic nitrogens is 3. The molecule has 1 fully saturated rings. The molecule has 1 N–H and O–H groups in total. The van der Waals surface area contributed by atoms with Crippen molar-refractivity contribution in [1.82, 2.24) is 14.8 Å².